The van der Waals surface area contributed by atoms with Gasteiger partial charge in [-0.1, -0.05) is 30.3 Å². The molecule has 1 atom stereocenters. The Morgan fingerprint density at radius 3 is 2.62 bits per heavy atom. The number of amides is 1. The van der Waals surface area contributed by atoms with Gasteiger partial charge in [-0.05, 0) is 5.56 Å². The van der Waals surface area contributed by atoms with Crippen LogP contribution in [0.25, 0.3) is 0 Å². The van der Waals surface area contributed by atoms with Gasteiger partial charge in [-0.3, -0.25) is 9.59 Å². The summed E-state index contributed by atoms with van der Waals surface area (Å²) < 4.78 is 0. The molecule has 0 radical (unpaired) electrons. The molecular weight excluding hydrogens is 290 g/mol. The van der Waals surface area contributed by atoms with Crippen molar-refractivity contribution < 1.29 is 14.7 Å². The summed E-state index contributed by atoms with van der Waals surface area (Å²) in [7, 11) is 0. The molecule has 7 heteroatoms. The van der Waals surface area contributed by atoms with Crippen molar-refractivity contribution >= 4 is 23.2 Å². The van der Waals surface area contributed by atoms with E-state index in [0.29, 0.717) is 5.01 Å². The van der Waals surface area contributed by atoms with E-state index < -0.39 is 17.9 Å². The third kappa shape index (κ3) is 4.11. The molecule has 0 bridgehead atoms. The predicted octanol–water partition coefficient (Wildman–Crippen LogP) is 1.55. The van der Waals surface area contributed by atoms with Gasteiger partial charge in [0.05, 0.1) is 12.5 Å². The van der Waals surface area contributed by atoms with Crippen LogP contribution in [0, 0.1) is 0 Å². The van der Waals surface area contributed by atoms with Crippen molar-refractivity contribution in [2.45, 2.75) is 19.0 Å². The van der Waals surface area contributed by atoms with Crippen molar-refractivity contribution in [3.8, 4) is 0 Å². The fraction of sp³-hybridized carbons (Fsp3) is 0.214. The van der Waals surface area contributed by atoms with Gasteiger partial charge >= 0.3 is 5.97 Å². The van der Waals surface area contributed by atoms with E-state index in [9.17, 15) is 9.59 Å². The zero-order valence-corrected chi connectivity index (χ0v) is 12.0. The number of aliphatic carboxylic acids is 1. The van der Waals surface area contributed by atoms with E-state index in [0.717, 1.165) is 5.56 Å². The van der Waals surface area contributed by atoms with Gasteiger partial charge in [0.25, 0.3) is 5.91 Å². The molecule has 6 nitrogen and oxygen atoms in total. The summed E-state index contributed by atoms with van der Waals surface area (Å²) in [6, 6.07) is 8.38. The van der Waals surface area contributed by atoms with Crippen LogP contribution in [0.2, 0.25) is 0 Å². The minimum Gasteiger partial charge on any atom is -0.481 e. The highest BCUT2D eigenvalue weighted by atomic mass is 32.1. The monoisotopic (exact) mass is 305 g/mol. The molecule has 1 amide bonds. The Morgan fingerprint density at radius 1 is 1.33 bits per heavy atom. The second-order valence-electron chi connectivity index (χ2n) is 4.37. The molecule has 0 aliphatic heterocycles. The van der Waals surface area contributed by atoms with Crippen LogP contribution < -0.4 is 11.1 Å². The SMILES string of the molecule is NCc1nc(C(=O)NC(CC(=O)O)c2ccccc2)cs1. The Morgan fingerprint density at radius 2 is 2.05 bits per heavy atom. The van der Waals surface area contributed by atoms with Crippen LogP contribution in [-0.4, -0.2) is 22.0 Å². The van der Waals surface area contributed by atoms with E-state index in [-0.39, 0.29) is 18.7 Å². The van der Waals surface area contributed by atoms with E-state index in [4.69, 9.17) is 10.8 Å². The maximum Gasteiger partial charge on any atom is 0.305 e. The number of nitrogens with two attached hydrogens (primary N) is 1. The molecule has 1 aromatic heterocycles. The maximum atomic E-state index is 12.1. The smallest absolute Gasteiger partial charge is 0.305 e. The number of hydrogen-bond acceptors (Lipinski definition) is 5. The van der Waals surface area contributed by atoms with Crippen LogP contribution in [0.5, 0.6) is 0 Å². The first kappa shape index (κ1) is 15.1. The fourth-order valence-corrected chi connectivity index (χ4v) is 2.51. The van der Waals surface area contributed by atoms with Gasteiger partial charge in [-0.15, -0.1) is 11.3 Å². The van der Waals surface area contributed by atoms with E-state index in [2.05, 4.69) is 10.3 Å². The number of carbonyl (C=O) groups excluding carboxylic acids is 1. The number of rotatable bonds is 6. The van der Waals surface area contributed by atoms with Crippen molar-refractivity contribution in [3.05, 3.63) is 52.0 Å². The van der Waals surface area contributed by atoms with Crippen molar-refractivity contribution in [1.29, 1.82) is 0 Å². The molecule has 4 N–H and O–H groups in total. The molecule has 0 aliphatic rings. The Hall–Kier alpha value is -2.25. The standard InChI is InChI=1S/C14H15N3O3S/c15-7-12-16-11(8-21-12)14(20)17-10(6-13(18)19)9-4-2-1-3-5-9/h1-5,8,10H,6-7,15H2,(H,17,20)(H,18,19). The molecule has 0 fully saturated rings. The second kappa shape index (κ2) is 6.96. The third-order valence-electron chi connectivity index (χ3n) is 2.85. The normalized spacial score (nSPS) is 11.9. The van der Waals surface area contributed by atoms with Gasteiger partial charge in [0.2, 0.25) is 0 Å². The Kier molecular flexibility index (Phi) is 5.02. The average Bonchev–Trinajstić information content (AvgIpc) is 2.96. The van der Waals surface area contributed by atoms with Crippen LogP contribution in [0.3, 0.4) is 0 Å². The highest BCUT2D eigenvalue weighted by Gasteiger charge is 2.20. The highest BCUT2D eigenvalue weighted by Crippen LogP contribution is 2.18. The number of hydrogen-bond donors (Lipinski definition) is 3. The molecule has 0 aliphatic carbocycles. The largest absolute Gasteiger partial charge is 0.481 e. The first-order valence-corrected chi connectivity index (χ1v) is 7.20. The van der Waals surface area contributed by atoms with E-state index in [1.165, 1.54) is 11.3 Å². The molecule has 1 unspecified atom stereocenters. The number of carboxylic acids is 1. The lowest BCUT2D eigenvalue weighted by molar-refractivity contribution is -0.137. The van der Waals surface area contributed by atoms with Gasteiger partial charge < -0.3 is 16.2 Å². The number of benzene rings is 1. The summed E-state index contributed by atoms with van der Waals surface area (Å²) in [5.74, 6) is -1.38. The first-order chi connectivity index (χ1) is 10.1. The van der Waals surface area contributed by atoms with Crippen molar-refractivity contribution in [1.82, 2.24) is 10.3 Å². The number of nitrogens with one attached hydrogen (secondary N) is 1. The quantitative estimate of drug-likeness (QED) is 0.751. The Balaban J connectivity index is 2.14. The van der Waals surface area contributed by atoms with E-state index in [1.54, 1.807) is 29.6 Å². The summed E-state index contributed by atoms with van der Waals surface area (Å²) in [6.07, 6.45) is -0.191. The molecule has 1 aromatic carbocycles. The second-order valence-corrected chi connectivity index (χ2v) is 5.31. The summed E-state index contributed by atoms with van der Waals surface area (Å²) in [5, 5.41) is 14.0. The molecule has 110 valence electrons. The average molecular weight is 305 g/mol. The first-order valence-electron chi connectivity index (χ1n) is 6.32. The minimum absolute atomic E-state index is 0.191. The number of carbonyl (C=O) groups is 2. The number of carboxylic acid groups (broad SMARTS) is 1. The summed E-state index contributed by atoms with van der Waals surface area (Å²) in [4.78, 5) is 27.2. The molecular formula is C14H15N3O3S. The van der Waals surface area contributed by atoms with E-state index in [1.807, 2.05) is 6.07 Å². The molecule has 0 spiro atoms. The van der Waals surface area contributed by atoms with Crippen LogP contribution in [-0.2, 0) is 11.3 Å². The van der Waals surface area contributed by atoms with Gasteiger partial charge in [-0.2, -0.15) is 0 Å². The Bertz CT molecular complexity index is 627. The van der Waals surface area contributed by atoms with Gasteiger partial charge in [-0.25, -0.2) is 4.98 Å². The van der Waals surface area contributed by atoms with Crippen LogP contribution in [0.1, 0.15) is 33.5 Å². The van der Waals surface area contributed by atoms with Crippen molar-refractivity contribution in [2.75, 3.05) is 0 Å². The minimum atomic E-state index is -0.981. The van der Waals surface area contributed by atoms with Crippen molar-refractivity contribution in [3.63, 3.8) is 0 Å². The zero-order valence-electron chi connectivity index (χ0n) is 11.2. The fourth-order valence-electron chi connectivity index (χ4n) is 1.85. The molecule has 1 heterocycles. The third-order valence-corrected chi connectivity index (χ3v) is 3.72. The molecule has 2 aromatic rings. The number of thiazole rings is 1. The summed E-state index contributed by atoms with van der Waals surface area (Å²) >= 11 is 1.30. The molecule has 2 rings (SSSR count). The van der Waals surface area contributed by atoms with E-state index >= 15 is 0 Å². The predicted molar refractivity (Wildman–Crippen MR) is 78.9 cm³/mol. The molecule has 0 saturated carbocycles. The lowest BCUT2D eigenvalue weighted by Crippen LogP contribution is -2.30. The van der Waals surface area contributed by atoms with Gasteiger partial charge in [0, 0.05) is 11.9 Å². The van der Waals surface area contributed by atoms with Gasteiger partial charge in [0.15, 0.2) is 0 Å². The lowest BCUT2D eigenvalue weighted by Gasteiger charge is -2.16. The van der Waals surface area contributed by atoms with Crippen LogP contribution in [0.15, 0.2) is 35.7 Å². The lowest BCUT2D eigenvalue weighted by atomic mass is 10.0. The van der Waals surface area contributed by atoms with Crippen LogP contribution in [0.4, 0.5) is 0 Å². The molecule has 0 saturated heterocycles. The van der Waals surface area contributed by atoms with Gasteiger partial charge in [0.1, 0.15) is 10.7 Å². The summed E-state index contributed by atoms with van der Waals surface area (Å²) in [5.41, 5.74) is 6.45. The number of aromatic nitrogens is 1. The van der Waals surface area contributed by atoms with Crippen LogP contribution >= 0.6 is 11.3 Å². The number of nitrogens with zero attached hydrogens (tertiary/aromatic N) is 1. The molecule has 21 heavy (non-hydrogen) atoms. The zero-order chi connectivity index (χ0) is 15.2. The maximum absolute atomic E-state index is 12.1. The summed E-state index contributed by atoms with van der Waals surface area (Å²) in [6.45, 7) is 0.273. The topological polar surface area (TPSA) is 105 Å². The highest BCUT2D eigenvalue weighted by molar-refractivity contribution is 7.09. The Labute approximate surface area is 125 Å². The van der Waals surface area contributed by atoms with Crippen molar-refractivity contribution in [2.24, 2.45) is 5.73 Å².